The molecule has 5 aliphatic rings. The van der Waals surface area contributed by atoms with Crippen LogP contribution in [0.5, 0.6) is 5.88 Å². The zero-order valence-electron chi connectivity index (χ0n) is 29.0. The second-order valence-corrected chi connectivity index (χ2v) is 15.1. The summed E-state index contributed by atoms with van der Waals surface area (Å²) in [5.74, 6) is -0.648. The van der Waals surface area contributed by atoms with E-state index in [1.807, 2.05) is 15.6 Å². The van der Waals surface area contributed by atoms with Crippen molar-refractivity contribution in [2.45, 2.75) is 94.8 Å². The maximum absolute atomic E-state index is 17.1. The molecule has 2 fully saturated rings. The van der Waals surface area contributed by atoms with E-state index in [1.165, 1.54) is 4.90 Å². The minimum Gasteiger partial charge on any atom is -0.474 e. The predicted octanol–water partition coefficient (Wildman–Crippen LogP) is 4.80. The molecule has 11 nitrogen and oxygen atoms in total. The van der Waals surface area contributed by atoms with Gasteiger partial charge in [-0.25, -0.2) is 9.37 Å². The van der Waals surface area contributed by atoms with Crippen molar-refractivity contribution in [1.29, 1.82) is 5.26 Å². The van der Waals surface area contributed by atoms with Gasteiger partial charge in [0.1, 0.15) is 24.4 Å². The van der Waals surface area contributed by atoms with Crippen LogP contribution in [0.25, 0.3) is 0 Å². The highest BCUT2D eigenvalue weighted by molar-refractivity contribution is 5.92. The van der Waals surface area contributed by atoms with Gasteiger partial charge in [0.05, 0.1) is 41.3 Å². The number of nitriles is 1. The Hall–Kier alpha value is -4.28. The monoisotopic (exact) mass is 686 g/mol. The molecule has 50 heavy (non-hydrogen) atoms. The highest BCUT2D eigenvalue weighted by Crippen LogP contribution is 2.52. The molecule has 13 heteroatoms. The molecule has 8 rings (SSSR count). The summed E-state index contributed by atoms with van der Waals surface area (Å²) in [6.07, 6.45) is 3.67. The molecule has 0 saturated carbocycles. The van der Waals surface area contributed by atoms with Crippen molar-refractivity contribution in [2.75, 3.05) is 51.0 Å². The number of pyridine rings is 1. The highest BCUT2D eigenvalue weighted by Gasteiger charge is 2.50. The van der Waals surface area contributed by atoms with Crippen molar-refractivity contribution in [2.24, 2.45) is 0 Å². The molecular formula is C37H44F2N8O3. The third-order valence-corrected chi connectivity index (χ3v) is 11.8. The zero-order valence-corrected chi connectivity index (χ0v) is 29.0. The largest absolute Gasteiger partial charge is 0.474 e. The Morgan fingerprint density at radius 1 is 1.24 bits per heavy atom. The van der Waals surface area contributed by atoms with Gasteiger partial charge in [0.15, 0.2) is 5.69 Å². The van der Waals surface area contributed by atoms with Crippen molar-refractivity contribution in [3.05, 3.63) is 63.4 Å². The highest BCUT2D eigenvalue weighted by atomic mass is 19.1. The molecule has 2 saturated heterocycles. The van der Waals surface area contributed by atoms with Crippen LogP contribution >= 0.6 is 0 Å². The second-order valence-electron chi connectivity index (χ2n) is 15.1. The molecule has 4 atom stereocenters. The minimum atomic E-state index is -0.936. The molecule has 4 unspecified atom stereocenters. The van der Waals surface area contributed by atoms with E-state index in [0.29, 0.717) is 85.8 Å². The molecular weight excluding hydrogens is 642 g/mol. The lowest BCUT2D eigenvalue weighted by molar-refractivity contribution is -0.0873. The van der Waals surface area contributed by atoms with E-state index in [2.05, 4.69) is 23.0 Å². The van der Waals surface area contributed by atoms with Gasteiger partial charge in [-0.1, -0.05) is 13.0 Å². The predicted molar refractivity (Wildman–Crippen MR) is 182 cm³/mol. The summed E-state index contributed by atoms with van der Waals surface area (Å²) >= 11 is 0. The molecule has 6 heterocycles. The fraction of sp³-hybridized carbons (Fsp3) is 0.568. The third kappa shape index (κ3) is 5.21. The van der Waals surface area contributed by atoms with Crippen LogP contribution in [0, 0.1) is 17.1 Å². The first-order valence-corrected chi connectivity index (χ1v) is 17.8. The Morgan fingerprint density at radius 3 is 2.88 bits per heavy atom. The lowest BCUT2D eigenvalue weighted by Crippen LogP contribution is -2.44. The summed E-state index contributed by atoms with van der Waals surface area (Å²) in [4.78, 5) is 23.3. The topological polar surface area (TPSA) is 126 Å². The smallest absolute Gasteiger partial charge is 0.273 e. The number of rotatable bonds is 5. The molecule has 0 bridgehead atoms. The van der Waals surface area contributed by atoms with Crippen molar-refractivity contribution in [1.82, 2.24) is 24.6 Å². The van der Waals surface area contributed by atoms with Gasteiger partial charge in [-0.05, 0) is 62.3 Å². The fourth-order valence-electron chi connectivity index (χ4n) is 9.21. The van der Waals surface area contributed by atoms with E-state index in [4.69, 9.17) is 20.2 Å². The number of fused-ring (bicyclic) bond motifs is 5. The van der Waals surface area contributed by atoms with Gasteiger partial charge < -0.3 is 25.0 Å². The quantitative estimate of drug-likeness (QED) is 0.377. The minimum absolute atomic E-state index is 0.0870. The summed E-state index contributed by atoms with van der Waals surface area (Å²) in [7, 11) is 3.38. The molecule has 0 radical (unpaired) electrons. The third-order valence-electron chi connectivity index (χ3n) is 11.8. The summed E-state index contributed by atoms with van der Waals surface area (Å²) in [6, 6.07) is 7.91. The van der Waals surface area contributed by atoms with E-state index < -0.39 is 23.1 Å². The van der Waals surface area contributed by atoms with Gasteiger partial charge in [0.2, 0.25) is 5.82 Å². The van der Waals surface area contributed by atoms with E-state index in [1.54, 1.807) is 26.2 Å². The Bertz CT molecular complexity index is 1910. The standard InChI is InChI=1S/C37H44F2N8O3/c1-22-8-10-37(31-25(22)6-7-28(41)26(31)17-40)16-30-27(20-50-37)33(45-11-5-13-47-24(19-45)14-29(43-47)35(48)44(2)3)32(39)34(42-30)49-21-36-9-4-12-46(36)18-23(38)15-36/h6-7,14,22-23H,4-5,8-13,15-16,18-21,41H2,1-3H3. The number of alkyl halides is 1. The summed E-state index contributed by atoms with van der Waals surface area (Å²) in [5, 5.41) is 14.8. The number of hydrogen-bond acceptors (Lipinski definition) is 9. The Morgan fingerprint density at radius 2 is 2.08 bits per heavy atom. The number of aryl methyl sites for hydroxylation is 1. The maximum Gasteiger partial charge on any atom is 0.273 e. The molecule has 1 aliphatic carbocycles. The summed E-state index contributed by atoms with van der Waals surface area (Å²) in [5.41, 5.74) is 10.5. The van der Waals surface area contributed by atoms with Gasteiger partial charge in [-0.3, -0.25) is 14.4 Å². The number of halogens is 2. The zero-order chi connectivity index (χ0) is 34.9. The number of carbonyl (C=O) groups is 1. The van der Waals surface area contributed by atoms with Gasteiger partial charge in [0, 0.05) is 63.4 Å². The Kier molecular flexibility index (Phi) is 8.02. The summed E-state index contributed by atoms with van der Waals surface area (Å²) in [6.45, 7) is 5.00. The van der Waals surface area contributed by atoms with Crippen LogP contribution < -0.4 is 15.4 Å². The Labute approximate surface area is 290 Å². The number of ether oxygens (including phenoxy) is 2. The number of nitrogen functional groups attached to an aromatic ring is 1. The number of nitrogens with zero attached hydrogens (tertiary/aromatic N) is 7. The van der Waals surface area contributed by atoms with Gasteiger partial charge in [-0.2, -0.15) is 14.8 Å². The lowest BCUT2D eigenvalue weighted by Gasteiger charge is -2.45. The normalized spacial score (nSPS) is 27.2. The average Bonchev–Trinajstić information content (AvgIpc) is 3.72. The van der Waals surface area contributed by atoms with Crippen LogP contribution in [-0.2, 0) is 36.5 Å². The van der Waals surface area contributed by atoms with Gasteiger partial charge >= 0.3 is 0 Å². The van der Waals surface area contributed by atoms with Crippen LogP contribution in [0.15, 0.2) is 18.2 Å². The van der Waals surface area contributed by atoms with Crippen molar-refractivity contribution >= 4 is 17.3 Å². The van der Waals surface area contributed by atoms with Gasteiger partial charge in [0.25, 0.3) is 11.8 Å². The molecule has 264 valence electrons. The van der Waals surface area contributed by atoms with Crippen LogP contribution in [-0.4, -0.2) is 82.5 Å². The Balaban J connectivity index is 1.22. The number of aromatic nitrogens is 3. The molecule has 2 aromatic heterocycles. The SMILES string of the molecule is CC1CCC2(Cc3nc(OCC45CCCN4CC(F)C5)c(F)c(N4CCCn5nc(C(=O)N(C)C)cc5C4)c3CO2)c2c1ccc(N)c2C#N. The van der Waals surface area contributed by atoms with E-state index >= 15 is 4.39 Å². The fourth-order valence-corrected chi connectivity index (χ4v) is 9.21. The summed E-state index contributed by atoms with van der Waals surface area (Å²) < 4.78 is 46.7. The number of benzene rings is 1. The molecule has 2 N–H and O–H groups in total. The molecule has 4 aliphatic heterocycles. The molecule has 1 spiro atoms. The van der Waals surface area contributed by atoms with E-state index in [-0.39, 0.29) is 30.9 Å². The van der Waals surface area contributed by atoms with Crippen molar-refractivity contribution in [3.63, 3.8) is 0 Å². The van der Waals surface area contributed by atoms with Crippen molar-refractivity contribution < 1.29 is 23.0 Å². The number of amides is 1. The first-order chi connectivity index (χ1) is 24.0. The van der Waals surface area contributed by atoms with Crippen LogP contribution in [0.2, 0.25) is 0 Å². The van der Waals surface area contributed by atoms with Crippen LogP contribution in [0.3, 0.4) is 0 Å². The molecule has 3 aromatic rings. The van der Waals surface area contributed by atoms with Crippen LogP contribution in [0.4, 0.5) is 20.2 Å². The van der Waals surface area contributed by atoms with Gasteiger partial charge in [-0.15, -0.1) is 0 Å². The number of nitrogens with two attached hydrogens (primary N) is 1. The average molecular weight is 687 g/mol. The van der Waals surface area contributed by atoms with E-state index in [9.17, 15) is 14.4 Å². The van der Waals surface area contributed by atoms with Crippen LogP contribution in [0.1, 0.15) is 95.5 Å². The number of hydrogen-bond donors (Lipinski definition) is 1. The van der Waals surface area contributed by atoms with Crippen molar-refractivity contribution in [3.8, 4) is 11.9 Å². The number of anilines is 2. The second kappa shape index (κ2) is 12.2. The lowest BCUT2D eigenvalue weighted by atomic mass is 9.69. The first-order valence-electron chi connectivity index (χ1n) is 17.8. The maximum atomic E-state index is 17.1. The van der Waals surface area contributed by atoms with E-state index in [0.717, 1.165) is 42.6 Å². The first kappa shape index (κ1) is 32.9. The number of carbonyl (C=O) groups excluding carboxylic acids is 1. The molecule has 1 amide bonds. The molecule has 1 aromatic carbocycles.